The summed E-state index contributed by atoms with van der Waals surface area (Å²) in [7, 11) is 1.91. The minimum absolute atomic E-state index is 0. The van der Waals surface area contributed by atoms with Crippen LogP contribution in [0.3, 0.4) is 0 Å². The molecule has 0 fully saturated rings. The molecule has 3 aromatic rings. The molecular weight excluding hydrogens is 376 g/mol. The summed E-state index contributed by atoms with van der Waals surface area (Å²) in [6.45, 7) is 8.63. The van der Waals surface area contributed by atoms with Gasteiger partial charge < -0.3 is 14.6 Å². The first kappa shape index (κ1) is 21.9. The molecule has 1 unspecified atom stereocenters. The van der Waals surface area contributed by atoms with Crippen LogP contribution in [0.4, 0.5) is 0 Å². The summed E-state index contributed by atoms with van der Waals surface area (Å²) in [5.41, 5.74) is 2.14. The van der Waals surface area contributed by atoms with Crippen molar-refractivity contribution in [1.82, 2.24) is 20.4 Å². The van der Waals surface area contributed by atoms with E-state index >= 15 is 0 Å². The van der Waals surface area contributed by atoms with Crippen LogP contribution in [0.5, 0.6) is 11.6 Å². The average Bonchev–Trinajstić information content (AvgIpc) is 3.10. The lowest BCUT2D eigenvalue weighted by Gasteiger charge is -2.19. The maximum atomic E-state index is 5.82. The van der Waals surface area contributed by atoms with E-state index in [1.165, 1.54) is 5.56 Å². The molecule has 0 aliphatic heterocycles. The molecular formula is C21H27ClN4O2. The highest BCUT2D eigenvalue weighted by molar-refractivity contribution is 5.85. The van der Waals surface area contributed by atoms with E-state index in [2.05, 4.69) is 60.3 Å². The molecule has 0 bridgehead atoms. The average molecular weight is 403 g/mol. The summed E-state index contributed by atoms with van der Waals surface area (Å²) in [4.78, 5) is 8.76. The number of hydrogen-bond acceptors (Lipinski definition) is 6. The fraction of sp³-hybridized carbons (Fsp3) is 0.381. The molecule has 150 valence electrons. The molecule has 0 amide bonds. The van der Waals surface area contributed by atoms with Gasteiger partial charge in [0.05, 0.1) is 5.56 Å². The largest absolute Gasteiger partial charge is 0.439 e. The van der Waals surface area contributed by atoms with E-state index in [1.54, 1.807) is 12.3 Å². The Balaban J connectivity index is 0.00000280. The van der Waals surface area contributed by atoms with E-state index < -0.39 is 0 Å². The molecule has 7 heteroatoms. The van der Waals surface area contributed by atoms with Crippen molar-refractivity contribution in [3.8, 4) is 23.1 Å². The van der Waals surface area contributed by atoms with Crippen LogP contribution in [0, 0.1) is 0 Å². The Labute approximate surface area is 172 Å². The third-order valence-corrected chi connectivity index (χ3v) is 4.38. The number of likely N-dealkylation sites (N-methyl/N-ethyl adjacent to an activating group) is 1. The number of ether oxygens (including phenoxy) is 1. The van der Waals surface area contributed by atoms with Gasteiger partial charge in [0, 0.05) is 24.7 Å². The molecule has 2 heterocycles. The Hall–Kier alpha value is -2.44. The van der Waals surface area contributed by atoms with Crippen LogP contribution < -0.4 is 10.1 Å². The van der Waals surface area contributed by atoms with Crippen molar-refractivity contribution in [3.63, 3.8) is 0 Å². The fourth-order valence-electron chi connectivity index (χ4n) is 2.54. The van der Waals surface area contributed by atoms with Gasteiger partial charge in [0.2, 0.25) is 5.88 Å². The van der Waals surface area contributed by atoms with Gasteiger partial charge in [0.1, 0.15) is 5.75 Å². The van der Waals surface area contributed by atoms with Gasteiger partial charge in [-0.3, -0.25) is 0 Å². The second kappa shape index (κ2) is 9.17. The van der Waals surface area contributed by atoms with Crippen molar-refractivity contribution in [2.75, 3.05) is 7.05 Å². The third kappa shape index (κ3) is 5.53. The first-order valence-electron chi connectivity index (χ1n) is 9.10. The number of aromatic nitrogens is 3. The molecule has 0 radical (unpaired) electrons. The van der Waals surface area contributed by atoms with Crippen LogP contribution in [0.25, 0.3) is 11.5 Å². The third-order valence-electron chi connectivity index (χ3n) is 4.38. The summed E-state index contributed by atoms with van der Waals surface area (Å²) in [5, 5.41) is 7.17. The van der Waals surface area contributed by atoms with Crippen molar-refractivity contribution >= 4 is 12.4 Å². The molecule has 0 saturated heterocycles. The number of nitrogens with zero attached hydrogens (tertiary/aromatic N) is 3. The van der Waals surface area contributed by atoms with Gasteiger partial charge in [-0.05, 0) is 43.1 Å². The van der Waals surface area contributed by atoms with E-state index in [0.717, 1.165) is 11.3 Å². The standard InChI is InChI=1S/C21H26N4O2.ClH/c1-14(22-5)12-18-24-20(27-25-18)15-6-11-19(23-13-15)26-17-9-7-16(8-10-17)21(2,3)4;/h6-11,13-14,22H,12H2,1-5H3;1H. The maximum Gasteiger partial charge on any atom is 0.259 e. The number of benzene rings is 1. The zero-order valence-electron chi connectivity index (χ0n) is 16.9. The van der Waals surface area contributed by atoms with Crippen LogP contribution in [-0.2, 0) is 11.8 Å². The van der Waals surface area contributed by atoms with Gasteiger partial charge in [-0.15, -0.1) is 12.4 Å². The van der Waals surface area contributed by atoms with Crippen molar-refractivity contribution < 1.29 is 9.26 Å². The summed E-state index contributed by atoms with van der Waals surface area (Å²) < 4.78 is 11.2. The molecule has 0 aliphatic rings. The summed E-state index contributed by atoms with van der Waals surface area (Å²) >= 11 is 0. The van der Waals surface area contributed by atoms with Gasteiger partial charge in [-0.1, -0.05) is 38.1 Å². The van der Waals surface area contributed by atoms with Crippen LogP contribution in [0.2, 0.25) is 0 Å². The Bertz CT molecular complexity index is 871. The first-order chi connectivity index (χ1) is 12.8. The summed E-state index contributed by atoms with van der Waals surface area (Å²) in [6.07, 6.45) is 2.39. The normalized spacial score (nSPS) is 12.3. The Morgan fingerprint density at radius 2 is 1.82 bits per heavy atom. The van der Waals surface area contributed by atoms with Gasteiger partial charge in [-0.2, -0.15) is 4.98 Å². The van der Waals surface area contributed by atoms with Crippen molar-refractivity contribution in [2.45, 2.75) is 45.6 Å². The second-order valence-corrected chi connectivity index (χ2v) is 7.67. The predicted molar refractivity (Wildman–Crippen MR) is 112 cm³/mol. The van der Waals surface area contributed by atoms with E-state index in [-0.39, 0.29) is 23.9 Å². The zero-order chi connectivity index (χ0) is 19.4. The predicted octanol–water partition coefficient (Wildman–Crippen LogP) is 4.79. The van der Waals surface area contributed by atoms with Crippen LogP contribution in [0.15, 0.2) is 47.1 Å². The highest BCUT2D eigenvalue weighted by atomic mass is 35.5. The quantitative estimate of drug-likeness (QED) is 0.638. The second-order valence-electron chi connectivity index (χ2n) is 7.67. The number of nitrogens with one attached hydrogen (secondary N) is 1. The van der Waals surface area contributed by atoms with Gasteiger partial charge in [-0.25, -0.2) is 4.98 Å². The maximum absolute atomic E-state index is 5.82. The van der Waals surface area contributed by atoms with Gasteiger partial charge in [0.15, 0.2) is 5.82 Å². The minimum Gasteiger partial charge on any atom is -0.439 e. The minimum atomic E-state index is 0. The number of hydrogen-bond donors (Lipinski definition) is 1. The molecule has 1 N–H and O–H groups in total. The summed E-state index contributed by atoms with van der Waals surface area (Å²) in [5.74, 6) is 2.41. The molecule has 0 aliphatic carbocycles. The molecule has 2 aromatic heterocycles. The molecule has 6 nitrogen and oxygen atoms in total. The topological polar surface area (TPSA) is 73.1 Å². The Kier molecular flexibility index (Phi) is 7.16. The van der Waals surface area contributed by atoms with Crippen LogP contribution >= 0.6 is 12.4 Å². The zero-order valence-corrected chi connectivity index (χ0v) is 17.7. The van der Waals surface area contributed by atoms with E-state index in [4.69, 9.17) is 9.26 Å². The highest BCUT2D eigenvalue weighted by Gasteiger charge is 2.14. The smallest absolute Gasteiger partial charge is 0.259 e. The molecule has 1 aromatic carbocycles. The molecule has 0 saturated carbocycles. The fourth-order valence-corrected chi connectivity index (χ4v) is 2.54. The number of pyridine rings is 1. The monoisotopic (exact) mass is 402 g/mol. The van der Waals surface area contributed by atoms with Gasteiger partial charge in [0.25, 0.3) is 5.89 Å². The lowest BCUT2D eigenvalue weighted by molar-refractivity contribution is 0.417. The highest BCUT2D eigenvalue weighted by Crippen LogP contribution is 2.27. The molecule has 3 rings (SSSR count). The molecule has 1 atom stereocenters. The first-order valence-corrected chi connectivity index (χ1v) is 9.10. The Morgan fingerprint density at radius 1 is 1.11 bits per heavy atom. The van der Waals surface area contributed by atoms with Gasteiger partial charge >= 0.3 is 0 Å². The lowest BCUT2D eigenvalue weighted by Crippen LogP contribution is -2.24. The van der Waals surface area contributed by atoms with Crippen molar-refractivity contribution in [2.24, 2.45) is 0 Å². The van der Waals surface area contributed by atoms with Crippen molar-refractivity contribution in [3.05, 3.63) is 54.0 Å². The van der Waals surface area contributed by atoms with E-state index in [1.807, 2.05) is 25.2 Å². The van der Waals surface area contributed by atoms with E-state index in [9.17, 15) is 0 Å². The molecule has 0 spiro atoms. The lowest BCUT2D eigenvalue weighted by atomic mass is 9.87. The SMILES string of the molecule is CNC(C)Cc1noc(-c2ccc(Oc3ccc(C(C)(C)C)cc3)nc2)n1.Cl. The Morgan fingerprint density at radius 3 is 2.39 bits per heavy atom. The number of rotatable bonds is 6. The van der Waals surface area contributed by atoms with Crippen LogP contribution in [0.1, 0.15) is 39.1 Å². The summed E-state index contributed by atoms with van der Waals surface area (Å²) in [6, 6.07) is 12.0. The van der Waals surface area contributed by atoms with Crippen molar-refractivity contribution in [1.29, 1.82) is 0 Å². The molecule has 28 heavy (non-hydrogen) atoms. The number of halogens is 1. The van der Waals surface area contributed by atoms with Crippen LogP contribution in [-0.4, -0.2) is 28.2 Å². The van der Waals surface area contributed by atoms with E-state index in [0.29, 0.717) is 24.0 Å².